The molecule has 1 aromatic heterocycles. The highest BCUT2D eigenvalue weighted by molar-refractivity contribution is 5.95. The number of aromatic nitrogens is 2. The van der Waals surface area contributed by atoms with Crippen molar-refractivity contribution in [3.63, 3.8) is 0 Å². The largest absolute Gasteiger partial charge is 0.480 e. The van der Waals surface area contributed by atoms with Gasteiger partial charge < -0.3 is 15.2 Å². The molecule has 0 spiro atoms. The highest BCUT2D eigenvalue weighted by Crippen LogP contribution is 2.18. The third-order valence-electron chi connectivity index (χ3n) is 2.71. The Bertz CT molecular complexity index is 447. The molecule has 2 heterocycles. The van der Waals surface area contributed by atoms with Gasteiger partial charge in [-0.05, 0) is 6.42 Å². The predicted molar refractivity (Wildman–Crippen MR) is 61.5 cm³/mol. The van der Waals surface area contributed by atoms with Crippen molar-refractivity contribution in [1.82, 2.24) is 15.1 Å². The topological polar surface area (TPSA) is 93.5 Å². The molecule has 0 radical (unpaired) electrons. The molecule has 1 aliphatic rings. The standard InChI is InChI=1S/C11H15N3O4/c1-2-3-7(11(16)17)12-10(15)8-6-9-14(13-8)4-5-18-9/h6-7H,2-5H2,1H3,(H,12,15)(H,16,17)/t7-/m1/s1. The summed E-state index contributed by atoms with van der Waals surface area (Å²) in [5, 5.41) is 15.5. The summed E-state index contributed by atoms with van der Waals surface area (Å²) in [6, 6.07) is 0.646. The number of fused-ring (bicyclic) bond motifs is 1. The van der Waals surface area contributed by atoms with Crippen molar-refractivity contribution in [2.45, 2.75) is 32.4 Å². The molecule has 1 aliphatic heterocycles. The van der Waals surface area contributed by atoms with E-state index in [1.54, 1.807) is 4.68 Å². The van der Waals surface area contributed by atoms with E-state index in [4.69, 9.17) is 9.84 Å². The van der Waals surface area contributed by atoms with Gasteiger partial charge in [-0.25, -0.2) is 9.48 Å². The van der Waals surface area contributed by atoms with Gasteiger partial charge in [0.2, 0.25) is 5.88 Å². The van der Waals surface area contributed by atoms with Gasteiger partial charge in [-0.3, -0.25) is 4.79 Å². The van der Waals surface area contributed by atoms with Crippen LogP contribution in [0.3, 0.4) is 0 Å². The Morgan fingerprint density at radius 2 is 2.44 bits per heavy atom. The summed E-state index contributed by atoms with van der Waals surface area (Å²) in [4.78, 5) is 22.8. The lowest BCUT2D eigenvalue weighted by Crippen LogP contribution is -2.40. The molecule has 0 saturated carbocycles. The Kier molecular flexibility index (Phi) is 3.50. The predicted octanol–water partition coefficient (Wildman–Crippen LogP) is 0.259. The van der Waals surface area contributed by atoms with E-state index in [0.29, 0.717) is 31.9 Å². The molecule has 7 heteroatoms. The number of hydrogen-bond donors (Lipinski definition) is 2. The van der Waals surface area contributed by atoms with Crippen LogP contribution in [0.25, 0.3) is 0 Å². The third kappa shape index (κ3) is 2.44. The minimum Gasteiger partial charge on any atom is -0.480 e. The highest BCUT2D eigenvalue weighted by Gasteiger charge is 2.23. The van der Waals surface area contributed by atoms with Crippen molar-refractivity contribution >= 4 is 11.9 Å². The number of carboxylic acid groups (broad SMARTS) is 1. The number of hydrogen-bond acceptors (Lipinski definition) is 4. The van der Waals surface area contributed by atoms with Crippen LogP contribution >= 0.6 is 0 Å². The first-order valence-corrected chi connectivity index (χ1v) is 5.86. The van der Waals surface area contributed by atoms with E-state index in [1.807, 2.05) is 6.92 Å². The highest BCUT2D eigenvalue weighted by atomic mass is 16.5. The van der Waals surface area contributed by atoms with Crippen LogP contribution in [0.15, 0.2) is 6.07 Å². The monoisotopic (exact) mass is 253 g/mol. The average molecular weight is 253 g/mol. The van der Waals surface area contributed by atoms with E-state index >= 15 is 0 Å². The number of nitrogens with zero attached hydrogens (tertiary/aromatic N) is 2. The zero-order valence-electron chi connectivity index (χ0n) is 10.0. The Morgan fingerprint density at radius 1 is 1.67 bits per heavy atom. The fourth-order valence-electron chi connectivity index (χ4n) is 1.80. The first-order chi connectivity index (χ1) is 8.61. The number of ether oxygens (including phenoxy) is 1. The molecule has 0 unspecified atom stereocenters. The summed E-state index contributed by atoms with van der Waals surface area (Å²) in [7, 11) is 0. The number of amides is 1. The SMILES string of the molecule is CCC[C@@H](NC(=O)c1cc2n(n1)CCO2)C(=O)O. The van der Waals surface area contributed by atoms with Gasteiger partial charge in [0.15, 0.2) is 5.69 Å². The number of rotatable bonds is 5. The summed E-state index contributed by atoms with van der Waals surface area (Å²) in [6.07, 6.45) is 1.07. The van der Waals surface area contributed by atoms with Gasteiger partial charge >= 0.3 is 5.97 Å². The second-order valence-electron chi connectivity index (χ2n) is 4.09. The van der Waals surface area contributed by atoms with E-state index < -0.39 is 17.9 Å². The number of nitrogens with one attached hydrogen (secondary N) is 1. The van der Waals surface area contributed by atoms with E-state index in [-0.39, 0.29) is 5.69 Å². The number of aliphatic carboxylic acids is 1. The van der Waals surface area contributed by atoms with Crippen LogP contribution in [0.2, 0.25) is 0 Å². The summed E-state index contributed by atoms with van der Waals surface area (Å²) < 4.78 is 6.82. The zero-order valence-corrected chi connectivity index (χ0v) is 10.0. The lowest BCUT2D eigenvalue weighted by Gasteiger charge is -2.12. The first kappa shape index (κ1) is 12.4. The zero-order chi connectivity index (χ0) is 13.1. The van der Waals surface area contributed by atoms with Crippen LogP contribution in [0.4, 0.5) is 0 Å². The van der Waals surface area contributed by atoms with Crippen molar-refractivity contribution in [2.24, 2.45) is 0 Å². The summed E-state index contributed by atoms with van der Waals surface area (Å²) in [6.45, 7) is 3.03. The molecular formula is C11H15N3O4. The van der Waals surface area contributed by atoms with Gasteiger partial charge in [0.05, 0.1) is 6.54 Å². The molecule has 0 aliphatic carbocycles. The number of carbonyl (C=O) groups is 2. The van der Waals surface area contributed by atoms with E-state index in [9.17, 15) is 9.59 Å². The fraction of sp³-hybridized carbons (Fsp3) is 0.545. The molecule has 2 rings (SSSR count). The van der Waals surface area contributed by atoms with E-state index in [0.717, 1.165) is 0 Å². The molecule has 0 bridgehead atoms. The normalized spacial score (nSPS) is 14.7. The molecule has 0 fully saturated rings. The molecule has 1 atom stereocenters. The average Bonchev–Trinajstić information content (AvgIpc) is 2.87. The van der Waals surface area contributed by atoms with Crippen LogP contribution in [0.1, 0.15) is 30.3 Å². The molecule has 98 valence electrons. The van der Waals surface area contributed by atoms with Crippen molar-refractivity contribution in [1.29, 1.82) is 0 Å². The Hall–Kier alpha value is -2.05. The number of carbonyl (C=O) groups excluding carboxylic acids is 1. The number of carboxylic acids is 1. The van der Waals surface area contributed by atoms with E-state index in [2.05, 4.69) is 10.4 Å². The summed E-state index contributed by atoms with van der Waals surface area (Å²) >= 11 is 0. The molecule has 7 nitrogen and oxygen atoms in total. The molecular weight excluding hydrogens is 238 g/mol. The first-order valence-electron chi connectivity index (χ1n) is 5.86. The van der Waals surface area contributed by atoms with Gasteiger partial charge in [-0.15, -0.1) is 0 Å². The van der Waals surface area contributed by atoms with Crippen LogP contribution in [-0.4, -0.2) is 39.4 Å². The Labute approximate surface area is 104 Å². The second-order valence-corrected chi connectivity index (χ2v) is 4.09. The van der Waals surface area contributed by atoms with Gasteiger partial charge in [-0.2, -0.15) is 5.10 Å². The molecule has 1 amide bonds. The van der Waals surface area contributed by atoms with Gasteiger partial charge in [-0.1, -0.05) is 13.3 Å². The van der Waals surface area contributed by atoms with Gasteiger partial charge in [0, 0.05) is 6.07 Å². The minimum absolute atomic E-state index is 0.187. The molecule has 0 saturated heterocycles. The van der Waals surface area contributed by atoms with Gasteiger partial charge in [0.25, 0.3) is 5.91 Å². The maximum absolute atomic E-state index is 11.8. The van der Waals surface area contributed by atoms with Crippen molar-refractivity contribution < 1.29 is 19.4 Å². The maximum Gasteiger partial charge on any atom is 0.326 e. The molecule has 18 heavy (non-hydrogen) atoms. The van der Waals surface area contributed by atoms with Crippen LogP contribution in [-0.2, 0) is 11.3 Å². The van der Waals surface area contributed by atoms with Crippen molar-refractivity contribution in [3.8, 4) is 5.88 Å². The molecule has 2 N–H and O–H groups in total. The van der Waals surface area contributed by atoms with E-state index in [1.165, 1.54) is 6.07 Å². The summed E-state index contributed by atoms with van der Waals surface area (Å²) in [5.41, 5.74) is 0.187. The fourth-order valence-corrected chi connectivity index (χ4v) is 1.80. The van der Waals surface area contributed by atoms with Crippen LogP contribution in [0, 0.1) is 0 Å². The van der Waals surface area contributed by atoms with Gasteiger partial charge in [0.1, 0.15) is 12.6 Å². The maximum atomic E-state index is 11.8. The Morgan fingerprint density at radius 3 is 3.06 bits per heavy atom. The second kappa shape index (κ2) is 5.07. The Balaban J connectivity index is 2.04. The molecule has 0 aromatic carbocycles. The quantitative estimate of drug-likeness (QED) is 0.785. The van der Waals surface area contributed by atoms with Crippen LogP contribution < -0.4 is 10.1 Å². The smallest absolute Gasteiger partial charge is 0.326 e. The van der Waals surface area contributed by atoms with Crippen molar-refractivity contribution in [3.05, 3.63) is 11.8 Å². The third-order valence-corrected chi connectivity index (χ3v) is 2.71. The minimum atomic E-state index is -1.03. The van der Waals surface area contributed by atoms with Crippen molar-refractivity contribution in [2.75, 3.05) is 6.61 Å². The van der Waals surface area contributed by atoms with Crippen LogP contribution in [0.5, 0.6) is 5.88 Å². The summed E-state index contributed by atoms with van der Waals surface area (Å²) in [5.74, 6) is -0.975. The lowest BCUT2D eigenvalue weighted by molar-refractivity contribution is -0.139. The lowest BCUT2D eigenvalue weighted by atomic mass is 10.1. The molecule has 1 aromatic rings.